The molecule has 32 heavy (non-hydrogen) atoms. The molecule has 2 heterocycles. The van der Waals surface area contributed by atoms with Gasteiger partial charge in [-0.05, 0) is 60.7 Å². The van der Waals surface area contributed by atoms with E-state index < -0.39 is 5.97 Å². The molecule has 0 bridgehead atoms. The third kappa shape index (κ3) is 4.32. The lowest BCUT2D eigenvalue weighted by molar-refractivity contribution is -0.151. The number of benzene rings is 2. The van der Waals surface area contributed by atoms with Crippen LogP contribution in [0.25, 0.3) is 11.0 Å². The molecule has 1 aromatic heterocycles. The van der Waals surface area contributed by atoms with Gasteiger partial charge in [0.25, 0.3) is 5.91 Å². The Morgan fingerprint density at radius 3 is 2.59 bits per heavy atom. The van der Waals surface area contributed by atoms with E-state index >= 15 is 0 Å². The first-order valence-corrected chi connectivity index (χ1v) is 11.4. The van der Waals surface area contributed by atoms with Gasteiger partial charge in [0.15, 0.2) is 6.61 Å². The van der Waals surface area contributed by atoms with Crippen LogP contribution < -0.4 is 4.90 Å². The quantitative estimate of drug-likeness (QED) is 0.547. The van der Waals surface area contributed by atoms with Gasteiger partial charge in [0.2, 0.25) is 0 Å². The normalized spacial score (nSPS) is 15.8. The van der Waals surface area contributed by atoms with Crippen LogP contribution in [0, 0.1) is 0 Å². The number of furan rings is 1. The molecule has 1 fully saturated rings. The zero-order chi connectivity index (χ0) is 22.1. The molecule has 0 N–H and O–H groups in total. The van der Waals surface area contributed by atoms with Gasteiger partial charge < -0.3 is 19.0 Å². The van der Waals surface area contributed by atoms with Crippen molar-refractivity contribution in [3.63, 3.8) is 0 Å². The first kappa shape index (κ1) is 20.9. The fraction of sp³-hybridized carbons (Fsp3) is 0.360. The van der Waals surface area contributed by atoms with Crippen molar-refractivity contribution in [3.05, 3.63) is 64.4 Å². The van der Waals surface area contributed by atoms with Crippen molar-refractivity contribution in [3.8, 4) is 0 Å². The van der Waals surface area contributed by atoms with Gasteiger partial charge in [-0.25, -0.2) is 0 Å². The summed E-state index contributed by atoms with van der Waals surface area (Å²) < 4.78 is 11.0. The van der Waals surface area contributed by atoms with Crippen LogP contribution >= 0.6 is 11.6 Å². The van der Waals surface area contributed by atoms with E-state index in [2.05, 4.69) is 17.0 Å². The predicted octanol–water partition coefficient (Wildman–Crippen LogP) is 4.01. The van der Waals surface area contributed by atoms with Crippen molar-refractivity contribution in [2.45, 2.75) is 25.7 Å². The van der Waals surface area contributed by atoms with Crippen LogP contribution in [0.5, 0.6) is 0 Å². The Morgan fingerprint density at radius 1 is 1.03 bits per heavy atom. The summed E-state index contributed by atoms with van der Waals surface area (Å²) in [6, 6.07) is 11.9. The summed E-state index contributed by atoms with van der Waals surface area (Å²) in [4.78, 5) is 28.9. The number of aryl methyl sites for hydroxylation is 2. The monoisotopic (exact) mass is 452 g/mol. The van der Waals surface area contributed by atoms with Gasteiger partial charge in [-0.1, -0.05) is 17.7 Å². The number of ether oxygens (including phenoxy) is 1. The number of carbonyl (C=O) groups excluding carboxylic acids is 2. The molecular formula is C25H25ClN2O4. The highest BCUT2D eigenvalue weighted by Gasteiger charge is 2.23. The number of carbonyl (C=O) groups is 2. The van der Waals surface area contributed by atoms with Gasteiger partial charge in [-0.3, -0.25) is 9.59 Å². The smallest absolute Gasteiger partial charge is 0.310 e. The zero-order valence-corrected chi connectivity index (χ0v) is 18.6. The SMILES string of the molecule is O=C(Cc1coc2cc3c(cc12)CCC3)OCC(=O)N1CCN(c2cccc(Cl)c2)CC1. The minimum absolute atomic E-state index is 0.0988. The lowest BCUT2D eigenvalue weighted by atomic mass is 10.0. The molecule has 6 nitrogen and oxygen atoms in total. The van der Waals surface area contributed by atoms with E-state index in [1.54, 1.807) is 11.2 Å². The van der Waals surface area contributed by atoms with E-state index in [-0.39, 0.29) is 18.9 Å². The maximum Gasteiger partial charge on any atom is 0.310 e. The summed E-state index contributed by atoms with van der Waals surface area (Å²) >= 11 is 6.08. The molecule has 1 amide bonds. The number of rotatable bonds is 5. The lowest BCUT2D eigenvalue weighted by Crippen LogP contribution is -2.50. The van der Waals surface area contributed by atoms with Crippen molar-refractivity contribution in [2.75, 3.05) is 37.7 Å². The van der Waals surface area contributed by atoms with Gasteiger partial charge in [0, 0.05) is 47.8 Å². The molecule has 5 rings (SSSR count). The Morgan fingerprint density at radius 2 is 1.81 bits per heavy atom. The Balaban J connectivity index is 1.12. The van der Waals surface area contributed by atoms with Crippen LogP contribution in [0.3, 0.4) is 0 Å². The molecule has 2 aromatic carbocycles. The van der Waals surface area contributed by atoms with Crippen LogP contribution in [-0.4, -0.2) is 49.6 Å². The number of hydrogen-bond acceptors (Lipinski definition) is 5. The number of nitrogens with zero attached hydrogens (tertiary/aromatic N) is 2. The number of hydrogen-bond donors (Lipinski definition) is 0. The second-order valence-corrected chi connectivity index (χ2v) is 8.85. The predicted molar refractivity (Wildman–Crippen MR) is 123 cm³/mol. The van der Waals surface area contributed by atoms with Gasteiger partial charge in [0.1, 0.15) is 5.58 Å². The molecule has 3 aromatic rings. The highest BCUT2D eigenvalue weighted by Crippen LogP contribution is 2.30. The van der Waals surface area contributed by atoms with Crippen LogP contribution in [0.15, 0.2) is 47.1 Å². The van der Waals surface area contributed by atoms with E-state index in [4.69, 9.17) is 20.8 Å². The third-order valence-electron chi connectivity index (χ3n) is 6.37. The molecule has 166 valence electrons. The fourth-order valence-corrected chi connectivity index (χ4v) is 4.80. The number of amides is 1. The average molecular weight is 453 g/mol. The van der Waals surface area contributed by atoms with Gasteiger partial charge in [0.05, 0.1) is 12.7 Å². The minimum atomic E-state index is -0.417. The minimum Gasteiger partial charge on any atom is -0.464 e. The van der Waals surface area contributed by atoms with Gasteiger partial charge in [-0.2, -0.15) is 0 Å². The fourth-order valence-electron chi connectivity index (χ4n) is 4.61. The Hall–Kier alpha value is -2.99. The molecule has 7 heteroatoms. The highest BCUT2D eigenvalue weighted by molar-refractivity contribution is 6.30. The molecule has 0 unspecified atom stereocenters. The summed E-state index contributed by atoms with van der Waals surface area (Å²) in [7, 11) is 0. The Labute approximate surface area is 191 Å². The van der Waals surface area contributed by atoms with Crippen LogP contribution in [0.2, 0.25) is 5.02 Å². The van der Waals surface area contributed by atoms with Crippen LogP contribution in [-0.2, 0) is 33.6 Å². The molecule has 2 aliphatic rings. The number of piperazine rings is 1. The van der Waals surface area contributed by atoms with E-state index in [0.29, 0.717) is 31.2 Å². The average Bonchev–Trinajstić information content (AvgIpc) is 3.42. The maximum absolute atomic E-state index is 12.5. The van der Waals surface area contributed by atoms with E-state index in [0.717, 1.165) is 41.5 Å². The topological polar surface area (TPSA) is 63.0 Å². The van der Waals surface area contributed by atoms with E-state index in [9.17, 15) is 9.59 Å². The summed E-state index contributed by atoms with van der Waals surface area (Å²) in [5, 5.41) is 1.66. The van der Waals surface area contributed by atoms with Crippen molar-refractivity contribution in [1.29, 1.82) is 0 Å². The molecule has 1 aliphatic carbocycles. The lowest BCUT2D eigenvalue weighted by Gasteiger charge is -2.36. The second kappa shape index (κ2) is 8.87. The maximum atomic E-state index is 12.5. The van der Waals surface area contributed by atoms with Crippen LogP contribution in [0.4, 0.5) is 5.69 Å². The molecule has 0 atom stereocenters. The zero-order valence-electron chi connectivity index (χ0n) is 17.8. The first-order valence-electron chi connectivity index (χ1n) is 11.0. The summed E-state index contributed by atoms with van der Waals surface area (Å²) in [6.45, 7) is 2.36. The number of fused-ring (bicyclic) bond motifs is 2. The molecular weight excluding hydrogens is 428 g/mol. The third-order valence-corrected chi connectivity index (χ3v) is 6.60. The Bertz CT molecular complexity index is 1160. The largest absolute Gasteiger partial charge is 0.464 e. The van der Waals surface area contributed by atoms with Crippen LogP contribution in [0.1, 0.15) is 23.1 Å². The first-order chi connectivity index (χ1) is 15.6. The summed E-state index contributed by atoms with van der Waals surface area (Å²) in [6.07, 6.45) is 5.03. The van der Waals surface area contributed by atoms with Crippen molar-refractivity contribution in [2.24, 2.45) is 0 Å². The van der Waals surface area contributed by atoms with Crippen molar-refractivity contribution >= 4 is 40.1 Å². The van der Waals surface area contributed by atoms with E-state index in [1.807, 2.05) is 24.3 Å². The molecule has 1 saturated heterocycles. The number of halogens is 1. The Kier molecular flexibility index (Phi) is 5.79. The van der Waals surface area contributed by atoms with Gasteiger partial charge >= 0.3 is 5.97 Å². The summed E-state index contributed by atoms with van der Waals surface area (Å²) in [5.74, 6) is -0.585. The van der Waals surface area contributed by atoms with Gasteiger partial charge in [-0.15, -0.1) is 0 Å². The number of esters is 1. The van der Waals surface area contributed by atoms with E-state index in [1.165, 1.54) is 11.1 Å². The standard InChI is InChI=1S/C25H25ClN2O4/c26-20-5-2-6-21(14-20)27-7-9-28(10-8-27)24(29)16-32-25(30)13-19-15-31-23-12-18-4-1-3-17(18)11-22(19)23/h2,5-6,11-12,14-15H,1,3-4,7-10,13,16H2. The highest BCUT2D eigenvalue weighted by atomic mass is 35.5. The van der Waals surface area contributed by atoms with Crippen molar-refractivity contribution in [1.82, 2.24) is 4.90 Å². The molecule has 0 saturated carbocycles. The van der Waals surface area contributed by atoms with Crippen molar-refractivity contribution < 1.29 is 18.7 Å². The molecule has 0 radical (unpaired) electrons. The summed E-state index contributed by atoms with van der Waals surface area (Å²) in [5.41, 5.74) is 5.33. The second-order valence-electron chi connectivity index (χ2n) is 8.42. The molecule has 0 spiro atoms. The molecule has 1 aliphatic heterocycles. The number of anilines is 1.